The smallest absolute Gasteiger partial charge is 0.335 e. The van der Waals surface area contributed by atoms with E-state index < -0.39 is 5.97 Å². The molecule has 1 aromatic rings. The number of aromatic carboxylic acids is 1. The molecule has 1 saturated heterocycles. The van der Waals surface area contributed by atoms with Gasteiger partial charge in [-0.2, -0.15) is 0 Å². The summed E-state index contributed by atoms with van der Waals surface area (Å²) in [4.78, 5) is 23.5. The van der Waals surface area contributed by atoms with Crippen LogP contribution in [0.2, 0.25) is 0 Å². The summed E-state index contributed by atoms with van der Waals surface area (Å²) >= 11 is 1.34. The highest BCUT2D eigenvalue weighted by molar-refractivity contribution is 8.00. The molecule has 0 saturated carbocycles. The molecule has 108 valence electrons. The molecule has 20 heavy (non-hydrogen) atoms. The summed E-state index contributed by atoms with van der Waals surface area (Å²) in [7, 11) is 0. The number of carboxylic acids is 1. The van der Waals surface area contributed by atoms with Crippen molar-refractivity contribution in [1.82, 2.24) is 5.32 Å². The van der Waals surface area contributed by atoms with Gasteiger partial charge in [-0.05, 0) is 31.0 Å². The first-order chi connectivity index (χ1) is 9.65. The number of nitrogens with one attached hydrogen (secondary N) is 1. The van der Waals surface area contributed by atoms with Gasteiger partial charge in [-0.3, -0.25) is 4.79 Å². The molecule has 0 radical (unpaired) electrons. The largest absolute Gasteiger partial charge is 0.478 e. The highest BCUT2D eigenvalue weighted by Gasteiger charge is 2.16. The Balaban J connectivity index is 1.80. The molecule has 6 heteroatoms. The standard InChI is InChI=1S/C14H17NO4S/c16-13(15-11-4-6-19-7-5-11)9-20-12-3-1-2-10(8-12)14(17)18/h1-3,8,11H,4-7,9H2,(H,15,16)(H,17,18). The van der Waals surface area contributed by atoms with Crippen LogP contribution in [0.3, 0.4) is 0 Å². The van der Waals surface area contributed by atoms with Crippen molar-refractivity contribution < 1.29 is 19.4 Å². The molecule has 0 aliphatic carbocycles. The molecule has 1 amide bonds. The Bertz CT molecular complexity index is 486. The van der Waals surface area contributed by atoms with Crippen LogP contribution in [0.5, 0.6) is 0 Å². The quantitative estimate of drug-likeness (QED) is 0.810. The van der Waals surface area contributed by atoms with E-state index in [9.17, 15) is 9.59 Å². The highest BCUT2D eigenvalue weighted by atomic mass is 32.2. The number of hydrogen-bond donors (Lipinski definition) is 2. The third kappa shape index (κ3) is 4.54. The first-order valence-corrected chi connectivity index (χ1v) is 7.47. The highest BCUT2D eigenvalue weighted by Crippen LogP contribution is 2.19. The van der Waals surface area contributed by atoms with Gasteiger partial charge >= 0.3 is 5.97 Å². The van der Waals surface area contributed by atoms with Crippen molar-refractivity contribution in [2.24, 2.45) is 0 Å². The fourth-order valence-corrected chi connectivity index (χ4v) is 2.75. The van der Waals surface area contributed by atoms with Crippen LogP contribution in [0, 0.1) is 0 Å². The fraction of sp³-hybridized carbons (Fsp3) is 0.429. The molecule has 1 aromatic carbocycles. The molecule has 1 aliphatic rings. The van der Waals surface area contributed by atoms with Gasteiger partial charge in [-0.1, -0.05) is 6.07 Å². The van der Waals surface area contributed by atoms with Crippen LogP contribution in [0.4, 0.5) is 0 Å². The second kappa shape index (κ2) is 7.31. The molecule has 0 spiro atoms. The van der Waals surface area contributed by atoms with Crippen molar-refractivity contribution >= 4 is 23.6 Å². The molecule has 0 bridgehead atoms. The van der Waals surface area contributed by atoms with E-state index in [4.69, 9.17) is 9.84 Å². The van der Waals surface area contributed by atoms with Gasteiger partial charge in [0, 0.05) is 24.2 Å². The topological polar surface area (TPSA) is 75.6 Å². The molecule has 1 heterocycles. The number of rotatable bonds is 5. The van der Waals surface area contributed by atoms with Crippen LogP contribution in [0.1, 0.15) is 23.2 Å². The number of hydrogen-bond acceptors (Lipinski definition) is 4. The molecule has 0 unspecified atom stereocenters. The third-order valence-corrected chi connectivity index (χ3v) is 4.03. The number of carboxylic acid groups (broad SMARTS) is 1. The average molecular weight is 295 g/mol. The van der Waals surface area contributed by atoms with Crippen molar-refractivity contribution in [3.8, 4) is 0 Å². The number of amides is 1. The third-order valence-electron chi connectivity index (χ3n) is 3.04. The summed E-state index contributed by atoms with van der Waals surface area (Å²) in [5.41, 5.74) is 0.236. The van der Waals surface area contributed by atoms with E-state index in [1.807, 2.05) is 0 Å². The lowest BCUT2D eigenvalue weighted by Crippen LogP contribution is -2.39. The summed E-state index contributed by atoms with van der Waals surface area (Å²) < 4.78 is 5.23. The Morgan fingerprint density at radius 2 is 2.10 bits per heavy atom. The lowest BCUT2D eigenvalue weighted by atomic mass is 10.1. The summed E-state index contributed by atoms with van der Waals surface area (Å²) in [6, 6.07) is 6.80. The van der Waals surface area contributed by atoms with Gasteiger partial charge in [0.25, 0.3) is 0 Å². The van der Waals surface area contributed by atoms with Crippen molar-refractivity contribution in [2.45, 2.75) is 23.8 Å². The minimum atomic E-state index is -0.959. The Kier molecular flexibility index (Phi) is 5.43. The Morgan fingerprint density at radius 3 is 2.80 bits per heavy atom. The number of benzene rings is 1. The van der Waals surface area contributed by atoms with E-state index in [2.05, 4.69) is 5.32 Å². The van der Waals surface area contributed by atoms with Gasteiger partial charge in [-0.15, -0.1) is 11.8 Å². The van der Waals surface area contributed by atoms with E-state index >= 15 is 0 Å². The maximum Gasteiger partial charge on any atom is 0.335 e. The molecular formula is C14H17NO4S. The van der Waals surface area contributed by atoms with Crippen LogP contribution in [0.15, 0.2) is 29.2 Å². The zero-order valence-electron chi connectivity index (χ0n) is 11.0. The number of carbonyl (C=O) groups is 2. The number of thioether (sulfide) groups is 1. The molecule has 0 aromatic heterocycles. The van der Waals surface area contributed by atoms with Crippen LogP contribution in [-0.2, 0) is 9.53 Å². The summed E-state index contributed by atoms with van der Waals surface area (Å²) in [5.74, 6) is -0.692. The predicted molar refractivity (Wildman–Crippen MR) is 76.1 cm³/mol. The monoisotopic (exact) mass is 295 g/mol. The average Bonchev–Trinajstić information content (AvgIpc) is 2.46. The van der Waals surface area contributed by atoms with Crippen molar-refractivity contribution in [1.29, 1.82) is 0 Å². The Morgan fingerprint density at radius 1 is 1.35 bits per heavy atom. The van der Waals surface area contributed by atoms with E-state index in [0.29, 0.717) is 19.0 Å². The Hall–Kier alpha value is -1.53. The van der Waals surface area contributed by atoms with Gasteiger partial charge in [0.15, 0.2) is 0 Å². The second-order valence-electron chi connectivity index (χ2n) is 4.58. The maximum absolute atomic E-state index is 11.8. The minimum absolute atomic E-state index is 0.0253. The van der Waals surface area contributed by atoms with E-state index in [1.165, 1.54) is 17.8 Å². The summed E-state index contributed by atoms with van der Waals surface area (Å²) in [6.07, 6.45) is 1.70. The first-order valence-electron chi connectivity index (χ1n) is 6.48. The van der Waals surface area contributed by atoms with Gasteiger partial charge in [0.05, 0.1) is 11.3 Å². The van der Waals surface area contributed by atoms with E-state index in [-0.39, 0.29) is 17.5 Å². The van der Waals surface area contributed by atoms with Crippen LogP contribution >= 0.6 is 11.8 Å². The van der Waals surface area contributed by atoms with Crippen LogP contribution in [0.25, 0.3) is 0 Å². The van der Waals surface area contributed by atoms with Crippen molar-refractivity contribution in [2.75, 3.05) is 19.0 Å². The predicted octanol–water partition coefficient (Wildman–Crippen LogP) is 1.77. The number of carbonyl (C=O) groups excluding carboxylic acids is 1. The van der Waals surface area contributed by atoms with Gasteiger partial charge in [0.1, 0.15) is 0 Å². The van der Waals surface area contributed by atoms with Gasteiger partial charge in [-0.25, -0.2) is 4.79 Å². The summed E-state index contributed by atoms with van der Waals surface area (Å²) in [6.45, 7) is 1.39. The zero-order chi connectivity index (χ0) is 14.4. The molecule has 1 aliphatic heterocycles. The first kappa shape index (κ1) is 14.9. The molecule has 1 fully saturated rings. The molecule has 5 nitrogen and oxygen atoms in total. The summed E-state index contributed by atoms with van der Waals surface area (Å²) in [5, 5.41) is 11.9. The molecule has 0 atom stereocenters. The van der Waals surface area contributed by atoms with E-state index in [1.54, 1.807) is 18.2 Å². The second-order valence-corrected chi connectivity index (χ2v) is 5.62. The van der Waals surface area contributed by atoms with Crippen molar-refractivity contribution in [3.05, 3.63) is 29.8 Å². The van der Waals surface area contributed by atoms with Crippen molar-refractivity contribution in [3.63, 3.8) is 0 Å². The van der Waals surface area contributed by atoms with Crippen LogP contribution in [-0.4, -0.2) is 42.0 Å². The normalized spacial score (nSPS) is 15.8. The SMILES string of the molecule is O=C(CSc1cccc(C(=O)O)c1)NC1CCOCC1. The van der Waals surface area contributed by atoms with Gasteiger partial charge in [0.2, 0.25) is 5.91 Å². The van der Waals surface area contributed by atoms with Crippen LogP contribution < -0.4 is 5.32 Å². The molecule has 2 N–H and O–H groups in total. The Labute approximate surface area is 121 Å². The number of ether oxygens (including phenoxy) is 1. The lowest BCUT2D eigenvalue weighted by Gasteiger charge is -2.23. The molecule has 2 rings (SSSR count). The zero-order valence-corrected chi connectivity index (χ0v) is 11.8. The minimum Gasteiger partial charge on any atom is -0.478 e. The lowest BCUT2D eigenvalue weighted by molar-refractivity contribution is -0.119. The maximum atomic E-state index is 11.8. The fourth-order valence-electron chi connectivity index (χ4n) is 1.98. The van der Waals surface area contributed by atoms with Gasteiger partial charge < -0.3 is 15.2 Å². The van der Waals surface area contributed by atoms with E-state index in [0.717, 1.165) is 17.7 Å². The molecular weight excluding hydrogens is 278 g/mol.